The zero-order chi connectivity index (χ0) is 21.4. The van der Waals surface area contributed by atoms with E-state index in [1.54, 1.807) is 22.9 Å². The molecule has 0 saturated heterocycles. The highest BCUT2D eigenvalue weighted by Crippen LogP contribution is 2.39. The van der Waals surface area contributed by atoms with E-state index in [0.717, 1.165) is 5.56 Å². The minimum atomic E-state index is -1.21. The van der Waals surface area contributed by atoms with Gasteiger partial charge in [-0.25, -0.2) is 13.9 Å². The van der Waals surface area contributed by atoms with Crippen LogP contribution in [0.25, 0.3) is 28.1 Å². The Bertz CT molecular complexity index is 1270. The summed E-state index contributed by atoms with van der Waals surface area (Å²) in [5.74, 6) is -1.80. The third-order valence-corrected chi connectivity index (χ3v) is 5.20. The first-order valence-corrected chi connectivity index (χ1v) is 9.75. The molecule has 0 radical (unpaired) electrons. The first kappa shape index (κ1) is 20.1. The summed E-state index contributed by atoms with van der Waals surface area (Å²) >= 11 is 12.2. The van der Waals surface area contributed by atoms with Gasteiger partial charge in [0.1, 0.15) is 5.82 Å². The Morgan fingerprint density at radius 3 is 2.37 bits per heavy atom. The number of hydrogen-bond acceptors (Lipinski definition) is 2. The van der Waals surface area contributed by atoms with Crippen LogP contribution in [0.4, 0.5) is 4.39 Å². The van der Waals surface area contributed by atoms with E-state index in [1.807, 2.05) is 37.3 Å². The van der Waals surface area contributed by atoms with Crippen molar-refractivity contribution in [3.63, 3.8) is 0 Å². The van der Waals surface area contributed by atoms with Crippen LogP contribution in [0.3, 0.4) is 0 Å². The monoisotopic (exact) mass is 440 g/mol. The Hall–Kier alpha value is -3.15. The van der Waals surface area contributed by atoms with Crippen LogP contribution in [0.1, 0.15) is 16.1 Å². The van der Waals surface area contributed by atoms with E-state index in [2.05, 4.69) is 5.10 Å². The van der Waals surface area contributed by atoms with E-state index in [9.17, 15) is 14.3 Å². The molecule has 0 amide bonds. The molecule has 4 aromatic rings. The Morgan fingerprint density at radius 2 is 1.73 bits per heavy atom. The number of aromatic carboxylic acids is 1. The van der Waals surface area contributed by atoms with E-state index < -0.39 is 11.8 Å². The van der Waals surface area contributed by atoms with Gasteiger partial charge in [-0.2, -0.15) is 5.10 Å². The number of carboxylic acids is 1. The van der Waals surface area contributed by atoms with Crippen molar-refractivity contribution in [2.75, 3.05) is 0 Å². The summed E-state index contributed by atoms with van der Waals surface area (Å²) in [6, 6.07) is 18.6. The summed E-state index contributed by atoms with van der Waals surface area (Å²) in [5.41, 5.74) is 3.50. The molecule has 4 nitrogen and oxygen atoms in total. The largest absolute Gasteiger partial charge is 0.476 e. The molecule has 0 aliphatic carbocycles. The molecule has 0 fully saturated rings. The summed E-state index contributed by atoms with van der Waals surface area (Å²) in [6.07, 6.45) is 0. The lowest BCUT2D eigenvalue weighted by molar-refractivity contribution is 0.0691. The van der Waals surface area contributed by atoms with Crippen LogP contribution in [-0.2, 0) is 0 Å². The number of aryl methyl sites for hydroxylation is 1. The number of nitrogens with zero attached hydrogens (tertiary/aromatic N) is 2. The van der Waals surface area contributed by atoms with Gasteiger partial charge in [0.2, 0.25) is 0 Å². The summed E-state index contributed by atoms with van der Waals surface area (Å²) in [7, 11) is 0. The van der Waals surface area contributed by atoms with Crippen LogP contribution >= 0.6 is 23.2 Å². The van der Waals surface area contributed by atoms with Crippen molar-refractivity contribution in [3.8, 4) is 28.1 Å². The average Bonchev–Trinajstić information content (AvgIpc) is 3.11. The Balaban J connectivity index is 2.10. The molecule has 0 spiro atoms. The van der Waals surface area contributed by atoms with Crippen molar-refractivity contribution in [2.45, 2.75) is 6.92 Å². The highest BCUT2D eigenvalue weighted by atomic mass is 35.5. The van der Waals surface area contributed by atoms with Gasteiger partial charge in [-0.05, 0) is 48.9 Å². The number of aromatic nitrogens is 2. The van der Waals surface area contributed by atoms with Crippen molar-refractivity contribution in [1.82, 2.24) is 9.78 Å². The van der Waals surface area contributed by atoms with Crippen molar-refractivity contribution in [3.05, 3.63) is 93.8 Å². The molecule has 30 heavy (non-hydrogen) atoms. The summed E-state index contributed by atoms with van der Waals surface area (Å²) in [4.78, 5) is 12.1. The van der Waals surface area contributed by atoms with E-state index in [1.165, 1.54) is 18.2 Å². The highest BCUT2D eigenvalue weighted by Gasteiger charge is 2.26. The maximum Gasteiger partial charge on any atom is 0.357 e. The molecule has 1 N–H and O–H groups in total. The van der Waals surface area contributed by atoms with Gasteiger partial charge in [-0.1, -0.05) is 59.1 Å². The highest BCUT2D eigenvalue weighted by molar-refractivity contribution is 6.31. The molecule has 150 valence electrons. The number of carboxylic acid groups (broad SMARTS) is 1. The van der Waals surface area contributed by atoms with Crippen LogP contribution in [0, 0.1) is 12.7 Å². The van der Waals surface area contributed by atoms with Crippen molar-refractivity contribution in [2.24, 2.45) is 0 Å². The molecule has 0 saturated carbocycles. The van der Waals surface area contributed by atoms with Gasteiger partial charge in [0.25, 0.3) is 0 Å². The van der Waals surface area contributed by atoms with E-state index >= 15 is 0 Å². The lowest BCUT2D eigenvalue weighted by Gasteiger charge is -2.11. The number of halogens is 3. The van der Waals surface area contributed by atoms with Crippen LogP contribution < -0.4 is 0 Å². The molecule has 0 bridgehead atoms. The van der Waals surface area contributed by atoms with E-state index in [-0.39, 0.29) is 10.7 Å². The standard InChI is InChI=1S/C23H15Cl2FN2O2/c1-13-5-8-17(9-6-13)28-22(15-3-2-4-16(24)11-15)20(21(27-28)23(29)30)14-7-10-19(26)18(25)12-14/h2-12H,1H3,(H,29,30). The number of benzene rings is 3. The van der Waals surface area contributed by atoms with Gasteiger partial charge in [-0.15, -0.1) is 0 Å². The third kappa shape index (κ3) is 3.70. The van der Waals surface area contributed by atoms with Crippen LogP contribution in [-0.4, -0.2) is 20.9 Å². The van der Waals surface area contributed by atoms with E-state index in [4.69, 9.17) is 23.2 Å². The first-order chi connectivity index (χ1) is 14.3. The second kappa shape index (κ2) is 7.94. The molecule has 0 atom stereocenters. The van der Waals surface area contributed by atoms with Crippen LogP contribution in [0.15, 0.2) is 66.7 Å². The van der Waals surface area contributed by atoms with Crippen molar-refractivity contribution < 1.29 is 14.3 Å². The molecular weight excluding hydrogens is 426 g/mol. The van der Waals surface area contributed by atoms with Crippen LogP contribution in [0.5, 0.6) is 0 Å². The van der Waals surface area contributed by atoms with Gasteiger partial charge in [0.05, 0.1) is 16.4 Å². The van der Waals surface area contributed by atoms with Crippen LogP contribution in [0.2, 0.25) is 10.0 Å². The maximum atomic E-state index is 13.8. The van der Waals surface area contributed by atoms with Gasteiger partial charge in [0.15, 0.2) is 5.69 Å². The van der Waals surface area contributed by atoms with Crippen molar-refractivity contribution in [1.29, 1.82) is 0 Å². The predicted octanol–water partition coefficient (Wildman–Crippen LogP) is 6.66. The zero-order valence-electron chi connectivity index (χ0n) is 15.7. The molecule has 4 rings (SSSR count). The quantitative estimate of drug-likeness (QED) is 0.385. The fraction of sp³-hybridized carbons (Fsp3) is 0.0435. The van der Waals surface area contributed by atoms with Gasteiger partial charge in [0, 0.05) is 16.1 Å². The fourth-order valence-electron chi connectivity index (χ4n) is 3.27. The lowest BCUT2D eigenvalue weighted by atomic mass is 9.98. The second-order valence-electron chi connectivity index (χ2n) is 6.76. The average molecular weight is 441 g/mol. The minimum absolute atomic E-state index is 0.107. The minimum Gasteiger partial charge on any atom is -0.476 e. The second-order valence-corrected chi connectivity index (χ2v) is 7.61. The predicted molar refractivity (Wildman–Crippen MR) is 116 cm³/mol. The molecule has 0 aliphatic rings. The Kier molecular flexibility index (Phi) is 5.33. The summed E-state index contributed by atoms with van der Waals surface area (Å²) < 4.78 is 15.3. The van der Waals surface area contributed by atoms with E-state index in [0.29, 0.717) is 33.1 Å². The van der Waals surface area contributed by atoms with Gasteiger partial charge >= 0.3 is 5.97 Å². The molecule has 0 aliphatic heterocycles. The van der Waals surface area contributed by atoms with Crippen molar-refractivity contribution >= 4 is 29.2 Å². The lowest BCUT2D eigenvalue weighted by Crippen LogP contribution is -2.02. The molecular formula is C23H15Cl2FN2O2. The maximum absolute atomic E-state index is 13.8. The summed E-state index contributed by atoms with van der Waals surface area (Å²) in [5, 5.41) is 14.6. The third-order valence-electron chi connectivity index (χ3n) is 4.67. The topological polar surface area (TPSA) is 55.1 Å². The Labute approximate surface area is 182 Å². The SMILES string of the molecule is Cc1ccc(-n2nc(C(=O)O)c(-c3ccc(F)c(Cl)c3)c2-c2cccc(Cl)c2)cc1. The van der Waals surface area contributed by atoms with Gasteiger partial charge < -0.3 is 5.11 Å². The molecule has 1 heterocycles. The normalized spacial score (nSPS) is 10.9. The Morgan fingerprint density at radius 1 is 1.00 bits per heavy atom. The first-order valence-electron chi connectivity index (χ1n) is 9.00. The number of rotatable bonds is 4. The summed E-state index contributed by atoms with van der Waals surface area (Å²) in [6.45, 7) is 1.96. The molecule has 0 unspecified atom stereocenters. The number of carbonyl (C=O) groups is 1. The molecule has 1 aromatic heterocycles. The van der Waals surface area contributed by atoms with Gasteiger partial charge in [-0.3, -0.25) is 0 Å². The molecule has 7 heteroatoms. The number of hydrogen-bond donors (Lipinski definition) is 1. The fourth-order valence-corrected chi connectivity index (χ4v) is 3.64. The zero-order valence-corrected chi connectivity index (χ0v) is 17.2. The smallest absolute Gasteiger partial charge is 0.357 e. The molecule has 3 aromatic carbocycles.